The van der Waals surface area contributed by atoms with E-state index >= 15 is 0 Å². The van der Waals surface area contributed by atoms with Gasteiger partial charge in [-0.05, 0) is 22.8 Å². The third-order valence-corrected chi connectivity index (χ3v) is 4.13. The van der Waals surface area contributed by atoms with Gasteiger partial charge in [-0.1, -0.05) is 30.3 Å². The zero-order valence-corrected chi connectivity index (χ0v) is 8.28. The Balaban J connectivity index is 1.95. The zero-order chi connectivity index (χ0) is 8.23. The maximum Gasteiger partial charge on any atom is 0.0625 e. The maximum atomic E-state index is 2.19. The van der Waals surface area contributed by atoms with E-state index in [0.29, 0.717) is 4.58 Å². The second kappa shape index (κ2) is 4.06. The van der Waals surface area contributed by atoms with Gasteiger partial charge in [0.2, 0.25) is 0 Å². The van der Waals surface area contributed by atoms with Crippen LogP contribution < -0.4 is 0 Å². The third-order valence-electron chi connectivity index (χ3n) is 1.76. The molecule has 1 aliphatic heterocycles. The fourth-order valence-electron chi connectivity index (χ4n) is 1.17. The van der Waals surface area contributed by atoms with E-state index in [1.807, 2.05) is 23.5 Å². The van der Waals surface area contributed by atoms with Gasteiger partial charge in [0.25, 0.3) is 0 Å². The Labute approximate surface area is 81.4 Å². The molecule has 0 bridgehead atoms. The van der Waals surface area contributed by atoms with Crippen molar-refractivity contribution in [3.8, 4) is 0 Å². The number of hydrogen-bond acceptors (Lipinski definition) is 2. The Kier molecular flexibility index (Phi) is 2.79. The molecule has 0 saturated heterocycles. The van der Waals surface area contributed by atoms with Gasteiger partial charge in [-0.15, -0.1) is 23.5 Å². The fraction of sp³-hybridized carbons (Fsp3) is 0.200. The molecule has 0 nitrogen and oxygen atoms in total. The Bertz CT molecular complexity index is 258. The zero-order valence-electron chi connectivity index (χ0n) is 6.64. The van der Waals surface area contributed by atoms with Gasteiger partial charge in [0, 0.05) is 0 Å². The predicted molar refractivity (Wildman–Crippen MR) is 58.3 cm³/mol. The van der Waals surface area contributed by atoms with Crippen molar-refractivity contribution in [3.63, 3.8) is 0 Å². The predicted octanol–water partition coefficient (Wildman–Crippen LogP) is 3.51. The van der Waals surface area contributed by atoms with Crippen molar-refractivity contribution in [1.29, 1.82) is 0 Å². The van der Waals surface area contributed by atoms with Crippen molar-refractivity contribution >= 4 is 23.5 Å². The largest absolute Gasteiger partial charge is 0.119 e. The smallest absolute Gasteiger partial charge is 0.0625 e. The maximum absolute atomic E-state index is 2.19. The van der Waals surface area contributed by atoms with E-state index in [1.165, 1.54) is 12.0 Å². The van der Waals surface area contributed by atoms with Gasteiger partial charge in [0.05, 0.1) is 4.58 Å². The highest BCUT2D eigenvalue weighted by Crippen LogP contribution is 2.35. The van der Waals surface area contributed by atoms with E-state index in [4.69, 9.17) is 0 Å². The van der Waals surface area contributed by atoms with E-state index in [2.05, 4.69) is 41.1 Å². The summed E-state index contributed by atoms with van der Waals surface area (Å²) in [5.74, 6) is 0. The van der Waals surface area contributed by atoms with Gasteiger partial charge in [-0.3, -0.25) is 0 Å². The minimum absolute atomic E-state index is 0.701. The summed E-state index contributed by atoms with van der Waals surface area (Å²) < 4.78 is 0.701. The highest BCUT2D eigenvalue weighted by molar-refractivity contribution is 8.22. The quantitative estimate of drug-likeness (QED) is 0.706. The molecule has 0 fully saturated rings. The molecular formula is C10H10S2. The van der Waals surface area contributed by atoms with E-state index in [9.17, 15) is 0 Å². The fourth-order valence-corrected chi connectivity index (χ4v) is 3.26. The molecule has 0 amide bonds. The average molecular weight is 194 g/mol. The van der Waals surface area contributed by atoms with Crippen LogP contribution in [-0.4, -0.2) is 4.58 Å². The standard InChI is InChI=1S/C10H10S2/c1-2-4-9(5-3-1)8-10-11-6-7-12-10/h1-7,10H,8H2. The van der Waals surface area contributed by atoms with Gasteiger partial charge in [0.1, 0.15) is 0 Å². The molecule has 1 aliphatic rings. The van der Waals surface area contributed by atoms with Gasteiger partial charge in [-0.2, -0.15) is 0 Å². The Hall–Kier alpha value is -0.340. The van der Waals surface area contributed by atoms with Crippen molar-refractivity contribution < 1.29 is 0 Å². The Morgan fingerprint density at radius 3 is 2.33 bits per heavy atom. The molecule has 0 unspecified atom stereocenters. The van der Waals surface area contributed by atoms with Crippen LogP contribution in [0.5, 0.6) is 0 Å². The summed E-state index contributed by atoms with van der Waals surface area (Å²) in [4.78, 5) is 0. The molecule has 2 rings (SSSR count). The van der Waals surface area contributed by atoms with Gasteiger partial charge in [0.15, 0.2) is 0 Å². The third kappa shape index (κ3) is 2.08. The van der Waals surface area contributed by atoms with Crippen molar-refractivity contribution in [3.05, 3.63) is 46.7 Å². The molecule has 2 heteroatoms. The monoisotopic (exact) mass is 194 g/mol. The first-order valence-corrected chi connectivity index (χ1v) is 5.83. The topological polar surface area (TPSA) is 0 Å². The molecule has 0 N–H and O–H groups in total. The van der Waals surface area contributed by atoms with Crippen LogP contribution in [0.4, 0.5) is 0 Å². The summed E-state index contributed by atoms with van der Waals surface area (Å²) in [6, 6.07) is 10.7. The van der Waals surface area contributed by atoms with E-state index in [0.717, 1.165) is 0 Å². The number of hydrogen-bond donors (Lipinski definition) is 0. The number of benzene rings is 1. The van der Waals surface area contributed by atoms with Crippen molar-refractivity contribution in [2.45, 2.75) is 11.0 Å². The second-order valence-corrected chi connectivity index (χ2v) is 5.19. The minimum atomic E-state index is 0.701. The SMILES string of the molecule is C1=CSC(Cc2ccccc2)S1. The van der Waals surface area contributed by atoms with Crippen LogP contribution in [0.1, 0.15) is 5.56 Å². The molecular weight excluding hydrogens is 184 g/mol. The van der Waals surface area contributed by atoms with Crippen molar-refractivity contribution in [1.82, 2.24) is 0 Å². The molecule has 0 atom stereocenters. The first-order chi connectivity index (χ1) is 5.95. The van der Waals surface area contributed by atoms with Crippen LogP contribution in [0.15, 0.2) is 41.1 Å². The van der Waals surface area contributed by atoms with Crippen molar-refractivity contribution in [2.75, 3.05) is 0 Å². The normalized spacial score (nSPS) is 17.0. The second-order valence-electron chi connectivity index (χ2n) is 2.66. The average Bonchev–Trinajstić information content (AvgIpc) is 2.59. The lowest BCUT2D eigenvalue weighted by atomic mass is 10.2. The van der Waals surface area contributed by atoms with Gasteiger partial charge in [-0.25, -0.2) is 0 Å². The summed E-state index contributed by atoms with van der Waals surface area (Å²) in [6.45, 7) is 0. The van der Waals surface area contributed by atoms with Gasteiger partial charge >= 0.3 is 0 Å². The van der Waals surface area contributed by atoms with Crippen LogP contribution in [-0.2, 0) is 6.42 Å². The highest BCUT2D eigenvalue weighted by atomic mass is 32.2. The molecule has 12 heavy (non-hydrogen) atoms. The molecule has 0 radical (unpaired) electrons. The van der Waals surface area contributed by atoms with Crippen LogP contribution in [0.2, 0.25) is 0 Å². The Morgan fingerprint density at radius 1 is 1.00 bits per heavy atom. The van der Waals surface area contributed by atoms with Crippen LogP contribution >= 0.6 is 23.5 Å². The summed E-state index contributed by atoms with van der Waals surface area (Å²) in [5.41, 5.74) is 1.44. The molecule has 1 aromatic carbocycles. The lowest BCUT2D eigenvalue weighted by Crippen LogP contribution is -1.96. The first-order valence-electron chi connectivity index (χ1n) is 3.95. The molecule has 0 aliphatic carbocycles. The molecule has 62 valence electrons. The van der Waals surface area contributed by atoms with E-state index in [1.54, 1.807) is 0 Å². The van der Waals surface area contributed by atoms with Gasteiger partial charge < -0.3 is 0 Å². The van der Waals surface area contributed by atoms with Crippen molar-refractivity contribution in [2.24, 2.45) is 0 Å². The van der Waals surface area contributed by atoms with E-state index < -0.39 is 0 Å². The molecule has 1 aromatic rings. The molecule has 0 spiro atoms. The summed E-state index contributed by atoms with van der Waals surface area (Å²) in [7, 11) is 0. The van der Waals surface area contributed by atoms with E-state index in [-0.39, 0.29) is 0 Å². The summed E-state index contributed by atoms with van der Waals surface area (Å²) in [6.07, 6.45) is 1.17. The molecule has 0 saturated carbocycles. The number of thioether (sulfide) groups is 2. The summed E-state index contributed by atoms with van der Waals surface area (Å²) >= 11 is 3.84. The minimum Gasteiger partial charge on any atom is -0.119 e. The van der Waals surface area contributed by atoms with Crippen LogP contribution in [0, 0.1) is 0 Å². The van der Waals surface area contributed by atoms with Crippen LogP contribution in [0.3, 0.4) is 0 Å². The highest BCUT2D eigenvalue weighted by Gasteiger charge is 2.11. The molecule has 0 aromatic heterocycles. The molecule has 1 heterocycles. The lowest BCUT2D eigenvalue weighted by molar-refractivity contribution is 1.11. The first kappa shape index (κ1) is 8.27. The Morgan fingerprint density at radius 2 is 1.67 bits per heavy atom. The van der Waals surface area contributed by atoms with Crippen LogP contribution in [0.25, 0.3) is 0 Å². The number of rotatable bonds is 2. The lowest BCUT2D eigenvalue weighted by Gasteiger charge is -2.06. The summed E-state index contributed by atoms with van der Waals surface area (Å²) in [5, 5.41) is 4.36.